The third kappa shape index (κ3) is 4.52. The van der Waals surface area contributed by atoms with Crippen molar-refractivity contribution in [2.45, 2.75) is 71.4 Å². The molecule has 0 saturated carbocycles. The van der Waals surface area contributed by atoms with E-state index in [0.29, 0.717) is 6.04 Å². The Morgan fingerprint density at radius 1 is 1.13 bits per heavy atom. The summed E-state index contributed by atoms with van der Waals surface area (Å²) in [5.74, 6) is 0.920. The summed E-state index contributed by atoms with van der Waals surface area (Å²) in [5.41, 5.74) is 0. The van der Waals surface area contributed by atoms with Gasteiger partial charge in [0.15, 0.2) is 0 Å². The zero-order valence-electron chi connectivity index (χ0n) is 15.0. The molecule has 0 spiro atoms. The first-order chi connectivity index (χ1) is 11.1. The molecule has 0 unspecified atom stereocenters. The Labute approximate surface area is 145 Å². The number of nitrogens with zero attached hydrogens (tertiary/aromatic N) is 4. The van der Waals surface area contributed by atoms with Crippen LogP contribution in [0.5, 0.6) is 0 Å². The van der Waals surface area contributed by atoms with E-state index < -0.39 is 0 Å². The summed E-state index contributed by atoms with van der Waals surface area (Å²) in [5, 5.41) is 10.8. The molecule has 130 valence electrons. The van der Waals surface area contributed by atoms with E-state index in [2.05, 4.69) is 33.8 Å². The van der Waals surface area contributed by atoms with Crippen LogP contribution >= 0.6 is 11.3 Å². The zero-order valence-corrected chi connectivity index (χ0v) is 15.8. The van der Waals surface area contributed by atoms with Crippen molar-refractivity contribution in [3.63, 3.8) is 0 Å². The SMILES string of the molecule is Cc1nnc([C@H](C)N2CCC(CCN3CCCC[C@@H]3C)CC2)s1. The van der Waals surface area contributed by atoms with E-state index in [0.717, 1.165) is 17.0 Å². The van der Waals surface area contributed by atoms with Crippen molar-refractivity contribution in [1.29, 1.82) is 0 Å². The number of aryl methyl sites for hydroxylation is 1. The van der Waals surface area contributed by atoms with Gasteiger partial charge in [-0.3, -0.25) is 4.90 Å². The number of likely N-dealkylation sites (tertiary alicyclic amines) is 2. The molecular formula is C18H32N4S. The minimum Gasteiger partial charge on any atom is -0.301 e. The fourth-order valence-electron chi connectivity index (χ4n) is 4.10. The molecule has 3 rings (SSSR count). The molecule has 2 aliphatic heterocycles. The van der Waals surface area contributed by atoms with Gasteiger partial charge in [-0.15, -0.1) is 21.5 Å². The van der Waals surface area contributed by atoms with E-state index in [1.165, 1.54) is 69.7 Å². The summed E-state index contributed by atoms with van der Waals surface area (Å²) < 4.78 is 0. The van der Waals surface area contributed by atoms with Crippen LogP contribution in [0.15, 0.2) is 0 Å². The van der Waals surface area contributed by atoms with Gasteiger partial charge in [-0.05, 0) is 85.0 Å². The minimum atomic E-state index is 0.435. The number of piperidine rings is 2. The highest BCUT2D eigenvalue weighted by Crippen LogP contribution is 2.29. The first-order valence-corrected chi connectivity index (χ1v) is 10.2. The van der Waals surface area contributed by atoms with Crippen LogP contribution in [0.25, 0.3) is 0 Å². The van der Waals surface area contributed by atoms with E-state index in [4.69, 9.17) is 0 Å². The summed E-state index contributed by atoms with van der Waals surface area (Å²) in [4.78, 5) is 5.32. The number of aromatic nitrogens is 2. The summed E-state index contributed by atoms with van der Waals surface area (Å²) in [6.45, 7) is 11.8. The molecule has 0 radical (unpaired) electrons. The zero-order chi connectivity index (χ0) is 16.2. The third-order valence-corrected chi connectivity index (χ3v) is 6.87. The van der Waals surface area contributed by atoms with Crippen molar-refractivity contribution in [2.24, 2.45) is 5.92 Å². The Bertz CT molecular complexity index is 481. The molecule has 4 nitrogen and oxygen atoms in total. The Morgan fingerprint density at radius 3 is 2.57 bits per heavy atom. The molecule has 23 heavy (non-hydrogen) atoms. The van der Waals surface area contributed by atoms with Gasteiger partial charge in [-0.1, -0.05) is 6.42 Å². The van der Waals surface area contributed by atoms with Crippen LogP contribution in [-0.4, -0.2) is 52.2 Å². The van der Waals surface area contributed by atoms with Gasteiger partial charge in [0.05, 0.1) is 6.04 Å². The van der Waals surface area contributed by atoms with Gasteiger partial charge in [0.1, 0.15) is 10.0 Å². The van der Waals surface area contributed by atoms with E-state index in [1.54, 1.807) is 11.3 Å². The van der Waals surface area contributed by atoms with E-state index in [-0.39, 0.29) is 0 Å². The van der Waals surface area contributed by atoms with Gasteiger partial charge in [0.2, 0.25) is 0 Å². The monoisotopic (exact) mass is 336 g/mol. The van der Waals surface area contributed by atoms with E-state index in [9.17, 15) is 0 Å². The first-order valence-electron chi connectivity index (χ1n) is 9.41. The smallest absolute Gasteiger partial charge is 0.134 e. The van der Waals surface area contributed by atoms with Gasteiger partial charge < -0.3 is 4.90 Å². The maximum atomic E-state index is 4.34. The van der Waals surface area contributed by atoms with Crippen LogP contribution < -0.4 is 0 Å². The van der Waals surface area contributed by atoms with Crippen LogP contribution in [0.4, 0.5) is 0 Å². The lowest BCUT2D eigenvalue weighted by Gasteiger charge is -2.37. The van der Waals surface area contributed by atoms with Gasteiger partial charge >= 0.3 is 0 Å². The van der Waals surface area contributed by atoms with Gasteiger partial charge in [-0.2, -0.15) is 0 Å². The number of rotatable bonds is 5. The first kappa shape index (κ1) is 17.3. The summed E-state index contributed by atoms with van der Waals surface area (Å²) in [6, 6.07) is 1.24. The Kier molecular flexibility index (Phi) is 6.05. The van der Waals surface area contributed by atoms with Crippen LogP contribution in [0.2, 0.25) is 0 Å². The normalized spacial score (nSPS) is 26.5. The highest BCUT2D eigenvalue weighted by Gasteiger charge is 2.26. The Hall–Kier alpha value is -0.520. The van der Waals surface area contributed by atoms with Crippen molar-refractivity contribution in [3.8, 4) is 0 Å². The predicted octanol–water partition coefficient (Wildman–Crippen LogP) is 3.88. The summed E-state index contributed by atoms with van der Waals surface area (Å²) >= 11 is 1.75. The van der Waals surface area contributed by atoms with Crippen molar-refractivity contribution >= 4 is 11.3 Å². The third-order valence-electron chi connectivity index (χ3n) is 5.86. The average molecular weight is 337 g/mol. The molecule has 0 aliphatic carbocycles. The van der Waals surface area contributed by atoms with Gasteiger partial charge in [0, 0.05) is 6.04 Å². The molecule has 5 heteroatoms. The molecule has 3 heterocycles. The van der Waals surface area contributed by atoms with Crippen molar-refractivity contribution < 1.29 is 0 Å². The van der Waals surface area contributed by atoms with Crippen molar-refractivity contribution in [2.75, 3.05) is 26.2 Å². The van der Waals surface area contributed by atoms with Crippen LogP contribution in [0.1, 0.15) is 68.4 Å². The summed E-state index contributed by atoms with van der Waals surface area (Å²) in [6.07, 6.45) is 8.33. The molecule has 2 saturated heterocycles. The second kappa shape index (κ2) is 8.04. The highest BCUT2D eigenvalue weighted by molar-refractivity contribution is 7.11. The van der Waals surface area contributed by atoms with Crippen molar-refractivity contribution in [1.82, 2.24) is 20.0 Å². The lowest BCUT2D eigenvalue weighted by Crippen LogP contribution is -2.40. The van der Waals surface area contributed by atoms with Crippen LogP contribution in [0, 0.1) is 12.8 Å². The van der Waals surface area contributed by atoms with Crippen LogP contribution in [-0.2, 0) is 0 Å². The highest BCUT2D eigenvalue weighted by atomic mass is 32.1. The fraction of sp³-hybridized carbons (Fsp3) is 0.889. The largest absolute Gasteiger partial charge is 0.301 e. The van der Waals surface area contributed by atoms with Gasteiger partial charge in [-0.25, -0.2) is 0 Å². The lowest BCUT2D eigenvalue weighted by molar-refractivity contribution is 0.112. The molecule has 2 atom stereocenters. The standard InChI is InChI=1S/C18H32N4S/c1-14-6-4-5-10-21(14)11-7-17-8-12-22(13-9-17)15(2)18-20-19-16(3)23-18/h14-15,17H,4-13H2,1-3H3/t14-,15-/m0/s1. The van der Waals surface area contributed by atoms with Crippen molar-refractivity contribution in [3.05, 3.63) is 10.0 Å². The lowest BCUT2D eigenvalue weighted by atomic mass is 9.92. The number of hydrogen-bond acceptors (Lipinski definition) is 5. The molecule has 0 bridgehead atoms. The predicted molar refractivity (Wildman–Crippen MR) is 96.9 cm³/mol. The number of hydrogen-bond donors (Lipinski definition) is 0. The maximum Gasteiger partial charge on any atom is 0.134 e. The quantitative estimate of drug-likeness (QED) is 0.817. The average Bonchev–Trinajstić information content (AvgIpc) is 3.00. The fourth-order valence-corrected chi connectivity index (χ4v) is 4.89. The Morgan fingerprint density at radius 2 is 1.91 bits per heavy atom. The molecule has 0 amide bonds. The molecule has 1 aromatic rings. The maximum absolute atomic E-state index is 4.34. The van der Waals surface area contributed by atoms with E-state index in [1.807, 2.05) is 6.92 Å². The minimum absolute atomic E-state index is 0.435. The van der Waals surface area contributed by atoms with Crippen LogP contribution in [0.3, 0.4) is 0 Å². The Balaban J connectivity index is 1.41. The molecule has 0 N–H and O–H groups in total. The molecule has 2 fully saturated rings. The second-order valence-corrected chi connectivity index (χ2v) is 8.70. The van der Waals surface area contributed by atoms with Gasteiger partial charge in [0.25, 0.3) is 0 Å². The molecular weight excluding hydrogens is 304 g/mol. The molecule has 0 aromatic carbocycles. The topological polar surface area (TPSA) is 32.3 Å². The summed E-state index contributed by atoms with van der Waals surface area (Å²) in [7, 11) is 0. The van der Waals surface area contributed by atoms with E-state index >= 15 is 0 Å². The molecule has 1 aromatic heterocycles. The molecule has 2 aliphatic rings. The second-order valence-electron chi connectivity index (χ2n) is 7.48.